The molecule has 1 aliphatic carbocycles. The molecule has 1 aromatic carbocycles. The Morgan fingerprint density at radius 1 is 1.17 bits per heavy atom. The molecular weight excluding hydrogens is 390 g/mol. The van der Waals surface area contributed by atoms with E-state index >= 15 is 0 Å². The molecule has 0 aromatic heterocycles. The number of ether oxygens (including phenoxy) is 2. The predicted molar refractivity (Wildman–Crippen MR) is 107 cm³/mol. The van der Waals surface area contributed by atoms with Gasteiger partial charge < -0.3 is 20.1 Å². The van der Waals surface area contributed by atoms with E-state index in [2.05, 4.69) is 10.6 Å². The number of hydrogen-bond acceptors (Lipinski definition) is 6. The van der Waals surface area contributed by atoms with Crippen molar-refractivity contribution >= 4 is 23.8 Å². The van der Waals surface area contributed by atoms with Crippen LogP contribution in [0.2, 0.25) is 0 Å². The van der Waals surface area contributed by atoms with Gasteiger partial charge in [0, 0.05) is 0 Å². The number of nitrogens with one attached hydrogen (secondary N) is 2. The van der Waals surface area contributed by atoms with Gasteiger partial charge in [0.05, 0.1) is 26.7 Å². The summed E-state index contributed by atoms with van der Waals surface area (Å²) in [5, 5.41) is 5.55. The summed E-state index contributed by atoms with van der Waals surface area (Å²) < 4.78 is 9.88. The second-order valence-electron chi connectivity index (χ2n) is 7.69. The Bertz CT molecular complexity index is 832. The maximum Gasteiger partial charge on any atom is 0.325 e. The zero-order valence-corrected chi connectivity index (χ0v) is 17.4. The molecule has 9 heteroatoms. The van der Waals surface area contributed by atoms with Crippen LogP contribution in [0.25, 0.3) is 0 Å². The zero-order valence-electron chi connectivity index (χ0n) is 17.4. The van der Waals surface area contributed by atoms with Crippen molar-refractivity contribution in [3.05, 3.63) is 29.8 Å². The van der Waals surface area contributed by atoms with Crippen LogP contribution in [0.1, 0.15) is 50.6 Å². The number of urea groups is 1. The second-order valence-corrected chi connectivity index (χ2v) is 7.69. The molecule has 3 rings (SSSR count). The SMILES string of the molecule is COC(=O)CC(NC(=O)C(C)N1C(=O)NC2(CCCC2)C1=O)c1ccc(OC)cc1. The highest BCUT2D eigenvalue weighted by molar-refractivity contribution is 6.10. The third kappa shape index (κ3) is 4.10. The van der Waals surface area contributed by atoms with Gasteiger partial charge in [-0.05, 0) is 37.5 Å². The molecule has 9 nitrogen and oxygen atoms in total. The van der Waals surface area contributed by atoms with E-state index in [1.807, 2.05) is 0 Å². The Morgan fingerprint density at radius 3 is 2.37 bits per heavy atom. The molecule has 0 bridgehead atoms. The fourth-order valence-corrected chi connectivity index (χ4v) is 4.06. The van der Waals surface area contributed by atoms with E-state index in [-0.39, 0.29) is 12.3 Å². The predicted octanol–water partition coefficient (Wildman–Crippen LogP) is 1.67. The van der Waals surface area contributed by atoms with E-state index < -0.39 is 35.5 Å². The number of hydrogen-bond donors (Lipinski definition) is 2. The number of carbonyl (C=O) groups is 4. The molecule has 2 unspecified atom stereocenters. The van der Waals surface area contributed by atoms with Crippen molar-refractivity contribution in [3.63, 3.8) is 0 Å². The molecule has 0 radical (unpaired) electrons. The fourth-order valence-electron chi connectivity index (χ4n) is 4.06. The monoisotopic (exact) mass is 417 g/mol. The Hall–Kier alpha value is -3.10. The molecule has 2 atom stereocenters. The number of benzene rings is 1. The van der Waals surface area contributed by atoms with Gasteiger partial charge in [-0.2, -0.15) is 0 Å². The Morgan fingerprint density at radius 2 is 1.80 bits per heavy atom. The molecule has 1 aromatic rings. The fraction of sp³-hybridized carbons (Fsp3) is 0.524. The summed E-state index contributed by atoms with van der Waals surface area (Å²) in [6, 6.07) is 4.65. The largest absolute Gasteiger partial charge is 0.497 e. The highest BCUT2D eigenvalue weighted by Gasteiger charge is 2.54. The molecule has 1 aliphatic heterocycles. The molecule has 1 spiro atoms. The molecule has 1 heterocycles. The average molecular weight is 417 g/mol. The lowest BCUT2D eigenvalue weighted by Crippen LogP contribution is -2.50. The van der Waals surface area contributed by atoms with E-state index in [1.165, 1.54) is 14.0 Å². The summed E-state index contributed by atoms with van der Waals surface area (Å²) in [6.45, 7) is 1.50. The number of rotatable bonds is 7. The Labute approximate surface area is 175 Å². The molecular formula is C21H27N3O6. The number of carbonyl (C=O) groups excluding carboxylic acids is 4. The molecule has 2 fully saturated rings. The lowest BCUT2D eigenvalue weighted by atomic mass is 9.97. The number of methoxy groups -OCH3 is 2. The minimum atomic E-state index is -1.02. The standard InChI is InChI=1S/C21H27N3O6/c1-13(24-19(27)21(23-20(24)28)10-4-5-11-21)18(26)22-16(12-17(25)30-3)14-6-8-15(29-2)9-7-14/h6-9,13,16H,4-5,10-12H2,1-3H3,(H,22,26)(H,23,28). The van der Waals surface area contributed by atoms with Crippen molar-refractivity contribution in [2.75, 3.05) is 14.2 Å². The molecule has 162 valence electrons. The highest BCUT2D eigenvalue weighted by atomic mass is 16.5. The van der Waals surface area contributed by atoms with Crippen LogP contribution in [0.3, 0.4) is 0 Å². The van der Waals surface area contributed by atoms with Gasteiger partial charge in [0.25, 0.3) is 5.91 Å². The maximum atomic E-state index is 12.9. The van der Waals surface area contributed by atoms with Gasteiger partial charge in [-0.15, -0.1) is 0 Å². The lowest BCUT2D eigenvalue weighted by molar-refractivity contribution is -0.142. The molecule has 30 heavy (non-hydrogen) atoms. The van der Waals surface area contributed by atoms with Crippen molar-refractivity contribution in [3.8, 4) is 5.75 Å². The quantitative estimate of drug-likeness (QED) is 0.515. The van der Waals surface area contributed by atoms with Crippen LogP contribution in [0.5, 0.6) is 5.75 Å². The molecule has 2 N–H and O–H groups in total. The Balaban J connectivity index is 1.76. The van der Waals surface area contributed by atoms with E-state index in [4.69, 9.17) is 9.47 Å². The summed E-state index contributed by atoms with van der Waals surface area (Å²) in [6.07, 6.45) is 2.79. The Kier molecular flexibility index (Phi) is 6.28. The number of imide groups is 1. The first-order valence-corrected chi connectivity index (χ1v) is 9.98. The third-order valence-corrected chi connectivity index (χ3v) is 5.85. The minimum absolute atomic E-state index is 0.0919. The summed E-state index contributed by atoms with van der Waals surface area (Å²) in [5.41, 5.74) is -0.210. The summed E-state index contributed by atoms with van der Waals surface area (Å²) >= 11 is 0. The van der Waals surface area contributed by atoms with Crippen LogP contribution >= 0.6 is 0 Å². The van der Waals surface area contributed by atoms with Gasteiger partial charge in [-0.1, -0.05) is 25.0 Å². The van der Waals surface area contributed by atoms with E-state index in [0.29, 0.717) is 24.2 Å². The number of amides is 4. The van der Waals surface area contributed by atoms with E-state index in [1.54, 1.807) is 31.4 Å². The molecule has 4 amide bonds. The average Bonchev–Trinajstić information content (AvgIpc) is 3.31. The first kappa shape index (κ1) is 21.6. The van der Waals surface area contributed by atoms with Gasteiger partial charge in [0.1, 0.15) is 17.3 Å². The molecule has 1 saturated heterocycles. The normalized spacial score (nSPS) is 19.4. The first-order chi connectivity index (χ1) is 14.3. The van der Waals surface area contributed by atoms with E-state index in [9.17, 15) is 19.2 Å². The van der Waals surface area contributed by atoms with Gasteiger partial charge >= 0.3 is 12.0 Å². The van der Waals surface area contributed by atoms with Crippen LogP contribution in [-0.4, -0.2) is 54.5 Å². The van der Waals surface area contributed by atoms with Crippen LogP contribution in [0, 0.1) is 0 Å². The smallest absolute Gasteiger partial charge is 0.325 e. The van der Waals surface area contributed by atoms with Crippen LogP contribution in [0.15, 0.2) is 24.3 Å². The molecule has 1 saturated carbocycles. The van der Waals surface area contributed by atoms with Gasteiger partial charge in [-0.25, -0.2) is 9.69 Å². The first-order valence-electron chi connectivity index (χ1n) is 9.98. The van der Waals surface area contributed by atoms with Crippen molar-refractivity contribution in [1.29, 1.82) is 0 Å². The zero-order chi connectivity index (χ0) is 21.9. The number of esters is 1. The van der Waals surface area contributed by atoms with Gasteiger partial charge in [0.15, 0.2) is 0 Å². The van der Waals surface area contributed by atoms with Crippen LogP contribution in [-0.2, 0) is 19.1 Å². The second kappa shape index (κ2) is 8.73. The topological polar surface area (TPSA) is 114 Å². The van der Waals surface area contributed by atoms with Crippen molar-refractivity contribution in [1.82, 2.24) is 15.5 Å². The number of nitrogens with zero attached hydrogens (tertiary/aromatic N) is 1. The van der Waals surface area contributed by atoms with Gasteiger partial charge in [0.2, 0.25) is 5.91 Å². The maximum absolute atomic E-state index is 12.9. The highest BCUT2D eigenvalue weighted by Crippen LogP contribution is 2.35. The van der Waals surface area contributed by atoms with Crippen molar-refractivity contribution in [2.24, 2.45) is 0 Å². The van der Waals surface area contributed by atoms with Crippen LogP contribution < -0.4 is 15.4 Å². The summed E-state index contributed by atoms with van der Waals surface area (Å²) in [4.78, 5) is 51.2. The van der Waals surface area contributed by atoms with Crippen molar-refractivity contribution in [2.45, 2.75) is 56.7 Å². The summed E-state index contributed by atoms with van der Waals surface area (Å²) in [5.74, 6) is -0.750. The summed E-state index contributed by atoms with van der Waals surface area (Å²) in [7, 11) is 2.81. The van der Waals surface area contributed by atoms with Crippen LogP contribution in [0.4, 0.5) is 4.79 Å². The third-order valence-electron chi connectivity index (χ3n) is 5.85. The molecule has 2 aliphatic rings. The van der Waals surface area contributed by atoms with Gasteiger partial charge in [-0.3, -0.25) is 14.4 Å². The van der Waals surface area contributed by atoms with E-state index in [0.717, 1.165) is 17.7 Å². The lowest BCUT2D eigenvalue weighted by Gasteiger charge is -2.26. The van der Waals surface area contributed by atoms with Crippen molar-refractivity contribution < 1.29 is 28.7 Å². The minimum Gasteiger partial charge on any atom is -0.497 e.